The van der Waals surface area contributed by atoms with E-state index >= 15 is 0 Å². The molecule has 1 fully saturated rings. The molecule has 0 bridgehead atoms. The highest BCUT2D eigenvalue weighted by Gasteiger charge is 2.27. The second-order valence-electron chi connectivity index (χ2n) is 4.22. The lowest BCUT2D eigenvalue weighted by Crippen LogP contribution is -2.48. The third kappa shape index (κ3) is 4.56. The molecule has 2 atom stereocenters. The molecule has 0 saturated carbocycles. The SMILES string of the molecule is CSCC[C@H](NC(=O)C1CCC(=O)NC1)C(=O)O. The standard InChI is InChI=1S/C11H18N2O4S/c1-18-5-4-8(11(16)17)13-10(15)7-2-3-9(14)12-6-7/h7-8H,2-6H2,1H3,(H,12,14)(H,13,15)(H,16,17)/t7?,8-/m0/s1. The maximum absolute atomic E-state index is 11.9. The molecule has 1 unspecified atom stereocenters. The fraction of sp³-hybridized carbons (Fsp3) is 0.727. The number of hydrogen-bond donors (Lipinski definition) is 3. The van der Waals surface area contributed by atoms with Gasteiger partial charge in [-0.3, -0.25) is 9.59 Å². The van der Waals surface area contributed by atoms with E-state index in [0.717, 1.165) is 0 Å². The van der Waals surface area contributed by atoms with Crippen LogP contribution in [0.3, 0.4) is 0 Å². The summed E-state index contributed by atoms with van der Waals surface area (Å²) in [5, 5.41) is 14.1. The minimum Gasteiger partial charge on any atom is -0.480 e. The zero-order valence-electron chi connectivity index (χ0n) is 10.3. The molecule has 0 aromatic heterocycles. The van der Waals surface area contributed by atoms with Crippen LogP contribution in [0, 0.1) is 5.92 Å². The molecule has 3 N–H and O–H groups in total. The molecule has 1 aliphatic heterocycles. The number of carboxylic acids is 1. The summed E-state index contributed by atoms with van der Waals surface area (Å²) in [7, 11) is 0. The summed E-state index contributed by atoms with van der Waals surface area (Å²) in [6.45, 7) is 0.291. The van der Waals surface area contributed by atoms with Gasteiger partial charge in [-0.15, -0.1) is 0 Å². The van der Waals surface area contributed by atoms with Crippen molar-refractivity contribution in [3.8, 4) is 0 Å². The summed E-state index contributed by atoms with van der Waals surface area (Å²) in [6, 6.07) is -0.845. The van der Waals surface area contributed by atoms with Gasteiger partial charge >= 0.3 is 5.97 Å². The molecule has 1 saturated heterocycles. The first-order chi connectivity index (χ1) is 8.54. The molecule has 7 heteroatoms. The van der Waals surface area contributed by atoms with Crippen molar-refractivity contribution < 1.29 is 19.5 Å². The number of piperidine rings is 1. The largest absolute Gasteiger partial charge is 0.480 e. The molecule has 1 heterocycles. The molecule has 0 aromatic rings. The van der Waals surface area contributed by atoms with Crippen LogP contribution in [-0.4, -0.2) is 47.5 Å². The molecule has 0 radical (unpaired) electrons. The first-order valence-electron chi connectivity index (χ1n) is 5.83. The van der Waals surface area contributed by atoms with Gasteiger partial charge < -0.3 is 15.7 Å². The van der Waals surface area contributed by atoms with Crippen molar-refractivity contribution in [3.05, 3.63) is 0 Å². The summed E-state index contributed by atoms with van der Waals surface area (Å²) in [6.07, 6.45) is 3.09. The number of carboxylic acid groups (broad SMARTS) is 1. The zero-order chi connectivity index (χ0) is 13.5. The lowest BCUT2D eigenvalue weighted by atomic mass is 9.98. The summed E-state index contributed by atoms with van der Waals surface area (Å²) in [5.74, 6) is -1.01. The summed E-state index contributed by atoms with van der Waals surface area (Å²) >= 11 is 1.54. The highest BCUT2D eigenvalue weighted by Crippen LogP contribution is 2.11. The van der Waals surface area contributed by atoms with E-state index in [1.54, 1.807) is 0 Å². The summed E-state index contributed by atoms with van der Waals surface area (Å²) in [4.78, 5) is 33.8. The third-order valence-electron chi connectivity index (χ3n) is 2.86. The van der Waals surface area contributed by atoms with Crippen molar-refractivity contribution in [2.24, 2.45) is 5.92 Å². The van der Waals surface area contributed by atoms with E-state index in [1.807, 2.05) is 6.26 Å². The Morgan fingerprint density at radius 2 is 2.33 bits per heavy atom. The topological polar surface area (TPSA) is 95.5 Å². The fourth-order valence-corrected chi connectivity index (χ4v) is 2.21. The lowest BCUT2D eigenvalue weighted by Gasteiger charge is -2.23. The highest BCUT2D eigenvalue weighted by molar-refractivity contribution is 7.98. The molecule has 2 amide bonds. The van der Waals surface area contributed by atoms with Gasteiger partial charge in [-0.1, -0.05) is 0 Å². The Balaban J connectivity index is 2.45. The van der Waals surface area contributed by atoms with Crippen LogP contribution in [0.25, 0.3) is 0 Å². The van der Waals surface area contributed by atoms with E-state index in [0.29, 0.717) is 31.6 Å². The van der Waals surface area contributed by atoms with Crippen molar-refractivity contribution in [3.63, 3.8) is 0 Å². The third-order valence-corrected chi connectivity index (χ3v) is 3.51. The quantitative estimate of drug-likeness (QED) is 0.625. The first-order valence-corrected chi connectivity index (χ1v) is 7.22. The molecule has 102 valence electrons. The second-order valence-corrected chi connectivity index (χ2v) is 5.21. The first kappa shape index (κ1) is 14.8. The number of nitrogens with one attached hydrogen (secondary N) is 2. The van der Waals surface area contributed by atoms with Gasteiger partial charge in [-0.25, -0.2) is 4.79 Å². The van der Waals surface area contributed by atoms with Gasteiger partial charge in [0.25, 0.3) is 0 Å². The molecule has 18 heavy (non-hydrogen) atoms. The van der Waals surface area contributed by atoms with Gasteiger partial charge in [-0.2, -0.15) is 11.8 Å². The smallest absolute Gasteiger partial charge is 0.326 e. The number of hydrogen-bond acceptors (Lipinski definition) is 4. The predicted octanol–water partition coefficient (Wildman–Crippen LogP) is -0.165. The van der Waals surface area contributed by atoms with E-state index in [1.165, 1.54) is 11.8 Å². The van der Waals surface area contributed by atoms with Crippen LogP contribution in [0.1, 0.15) is 19.3 Å². The molecular formula is C11H18N2O4S. The number of thioether (sulfide) groups is 1. The van der Waals surface area contributed by atoms with Gasteiger partial charge in [0.05, 0.1) is 5.92 Å². The van der Waals surface area contributed by atoms with Crippen LogP contribution in [0.5, 0.6) is 0 Å². The van der Waals surface area contributed by atoms with Crippen molar-refractivity contribution in [2.45, 2.75) is 25.3 Å². The average Bonchev–Trinajstić information content (AvgIpc) is 2.34. The predicted molar refractivity (Wildman–Crippen MR) is 68.3 cm³/mol. The Morgan fingerprint density at radius 3 is 2.83 bits per heavy atom. The average molecular weight is 274 g/mol. The molecular weight excluding hydrogens is 256 g/mol. The molecule has 1 rings (SSSR count). The molecule has 0 aromatic carbocycles. The maximum Gasteiger partial charge on any atom is 0.326 e. The Hall–Kier alpha value is -1.24. The van der Waals surface area contributed by atoms with E-state index < -0.39 is 12.0 Å². The van der Waals surface area contributed by atoms with Gasteiger partial charge in [0.15, 0.2) is 0 Å². The van der Waals surface area contributed by atoms with Gasteiger partial charge in [0.1, 0.15) is 6.04 Å². The van der Waals surface area contributed by atoms with E-state index in [2.05, 4.69) is 10.6 Å². The lowest BCUT2D eigenvalue weighted by molar-refractivity contribution is -0.143. The maximum atomic E-state index is 11.9. The fourth-order valence-electron chi connectivity index (χ4n) is 1.74. The molecule has 6 nitrogen and oxygen atoms in total. The van der Waals surface area contributed by atoms with E-state index in [-0.39, 0.29) is 17.7 Å². The molecule has 1 aliphatic rings. The van der Waals surface area contributed by atoms with Crippen molar-refractivity contribution in [1.29, 1.82) is 0 Å². The summed E-state index contributed by atoms with van der Waals surface area (Å²) in [5.41, 5.74) is 0. The Bertz CT molecular complexity index is 325. The van der Waals surface area contributed by atoms with Crippen molar-refractivity contribution in [1.82, 2.24) is 10.6 Å². The Labute approximate surface area is 110 Å². The van der Waals surface area contributed by atoms with Crippen LogP contribution in [0.4, 0.5) is 0 Å². The number of amides is 2. The monoisotopic (exact) mass is 274 g/mol. The van der Waals surface area contributed by atoms with Gasteiger partial charge in [0, 0.05) is 13.0 Å². The van der Waals surface area contributed by atoms with Crippen LogP contribution in [0.15, 0.2) is 0 Å². The minimum absolute atomic E-state index is 0.0591. The van der Waals surface area contributed by atoms with Crippen LogP contribution in [-0.2, 0) is 14.4 Å². The minimum atomic E-state index is -1.02. The Morgan fingerprint density at radius 1 is 1.61 bits per heavy atom. The van der Waals surface area contributed by atoms with Crippen LogP contribution in [0.2, 0.25) is 0 Å². The summed E-state index contributed by atoms with van der Waals surface area (Å²) < 4.78 is 0. The van der Waals surface area contributed by atoms with E-state index in [9.17, 15) is 14.4 Å². The van der Waals surface area contributed by atoms with Crippen molar-refractivity contribution >= 4 is 29.5 Å². The molecule has 0 spiro atoms. The number of carbonyl (C=O) groups is 3. The van der Waals surface area contributed by atoms with E-state index in [4.69, 9.17) is 5.11 Å². The van der Waals surface area contributed by atoms with Gasteiger partial charge in [-0.05, 0) is 24.9 Å². The van der Waals surface area contributed by atoms with Gasteiger partial charge in [0.2, 0.25) is 11.8 Å². The van der Waals surface area contributed by atoms with Crippen molar-refractivity contribution in [2.75, 3.05) is 18.6 Å². The molecule has 0 aliphatic carbocycles. The normalized spacial score (nSPS) is 20.9. The van der Waals surface area contributed by atoms with Crippen LogP contribution < -0.4 is 10.6 Å². The highest BCUT2D eigenvalue weighted by atomic mass is 32.2. The number of carbonyl (C=O) groups excluding carboxylic acids is 2. The second kappa shape index (κ2) is 7.25. The van der Waals surface area contributed by atoms with Crippen LogP contribution >= 0.6 is 11.8 Å². The Kier molecular flexibility index (Phi) is 5.97. The number of aliphatic carboxylic acids is 1. The number of rotatable bonds is 6. The zero-order valence-corrected chi connectivity index (χ0v) is 11.1.